The molecule has 0 fully saturated rings. The smallest absolute Gasteiger partial charge is 0.263 e. The summed E-state index contributed by atoms with van der Waals surface area (Å²) in [6.07, 6.45) is 0. The molecule has 0 radical (unpaired) electrons. The van der Waals surface area contributed by atoms with Gasteiger partial charge in [-0.1, -0.05) is 0 Å². The maximum Gasteiger partial charge on any atom is 0.263 e. The molecule has 9 heavy (non-hydrogen) atoms. The van der Waals surface area contributed by atoms with Crippen LogP contribution in [0.2, 0.25) is 0 Å². The quantitative estimate of drug-likeness (QED) is 0.404. The van der Waals surface area contributed by atoms with Crippen molar-refractivity contribution in [3.05, 3.63) is 0 Å². The van der Waals surface area contributed by atoms with Gasteiger partial charge in [0, 0.05) is 13.8 Å². The molecule has 0 aromatic heterocycles. The Balaban J connectivity index is 0. The molecule has 3 nitrogen and oxygen atoms in total. The van der Waals surface area contributed by atoms with E-state index in [4.69, 9.17) is 0 Å². The van der Waals surface area contributed by atoms with Crippen molar-refractivity contribution in [3.63, 3.8) is 0 Å². The summed E-state index contributed by atoms with van der Waals surface area (Å²) < 4.78 is 0. The van der Waals surface area contributed by atoms with Gasteiger partial charge in [-0.05, 0) is 0 Å². The van der Waals surface area contributed by atoms with Crippen LogP contribution in [0, 0.1) is 0 Å². The average Bonchev–Trinajstić information content (AvgIpc) is 1.64. The number of hydrogen-bond acceptors (Lipinski definition) is 3. The highest BCUT2D eigenvalue weighted by molar-refractivity contribution is 7.59. The number of Topliss-reactive ketones (excluding diaryl/α,β-unsaturated/α-hetero) is 3. The third kappa shape index (κ3) is 3.90. The van der Waals surface area contributed by atoms with Gasteiger partial charge in [-0.3, -0.25) is 14.4 Å². The second-order valence-corrected chi connectivity index (χ2v) is 1.44. The minimum absolute atomic E-state index is 0. The highest BCUT2D eigenvalue weighted by Crippen LogP contribution is 1.75. The maximum absolute atomic E-state index is 10.1. The number of carbonyl (C=O) groups excluding carboxylic acids is 3. The van der Waals surface area contributed by atoms with Crippen LogP contribution in [0.1, 0.15) is 13.8 Å². The van der Waals surface area contributed by atoms with Crippen molar-refractivity contribution >= 4 is 30.8 Å². The molecule has 0 rings (SSSR count). The molecule has 0 aromatic carbocycles. The van der Waals surface area contributed by atoms with Crippen LogP contribution in [0.25, 0.3) is 0 Å². The Bertz CT molecular complexity index is 134. The normalized spacial score (nSPS) is 7.33. The summed E-state index contributed by atoms with van der Waals surface area (Å²) >= 11 is 0. The molecular formula is C5H8O3S. The van der Waals surface area contributed by atoms with E-state index in [9.17, 15) is 14.4 Å². The first kappa shape index (κ1) is 11.2. The van der Waals surface area contributed by atoms with Gasteiger partial charge in [0.15, 0.2) is 0 Å². The van der Waals surface area contributed by atoms with Crippen LogP contribution in [0.3, 0.4) is 0 Å². The summed E-state index contributed by atoms with van der Waals surface area (Å²) in [6.45, 7) is 2.15. The molecule has 0 aromatic rings. The molecule has 0 saturated heterocycles. The third-order valence-corrected chi connectivity index (χ3v) is 0.640. The number of rotatable bonds is 2. The zero-order valence-electron chi connectivity index (χ0n) is 5.22. The Morgan fingerprint density at radius 1 is 0.889 bits per heavy atom. The lowest BCUT2D eigenvalue weighted by molar-refractivity contribution is -0.142. The van der Waals surface area contributed by atoms with Crippen molar-refractivity contribution in [2.24, 2.45) is 0 Å². The van der Waals surface area contributed by atoms with Gasteiger partial charge in [-0.2, -0.15) is 13.5 Å². The van der Waals surface area contributed by atoms with Crippen molar-refractivity contribution in [1.29, 1.82) is 0 Å². The van der Waals surface area contributed by atoms with E-state index >= 15 is 0 Å². The molecule has 0 aliphatic heterocycles. The Morgan fingerprint density at radius 3 is 1.11 bits per heavy atom. The molecule has 52 valence electrons. The summed E-state index contributed by atoms with van der Waals surface area (Å²) in [5.41, 5.74) is 0. The molecule has 0 unspecified atom stereocenters. The Labute approximate surface area is 59.9 Å². The zero-order valence-corrected chi connectivity index (χ0v) is 6.22. The van der Waals surface area contributed by atoms with E-state index in [1.54, 1.807) is 0 Å². The monoisotopic (exact) mass is 148 g/mol. The number of hydrogen-bond donors (Lipinski definition) is 0. The van der Waals surface area contributed by atoms with Crippen LogP contribution in [0.4, 0.5) is 0 Å². The van der Waals surface area contributed by atoms with Crippen molar-refractivity contribution < 1.29 is 14.4 Å². The van der Waals surface area contributed by atoms with Crippen LogP contribution in [0.5, 0.6) is 0 Å². The predicted molar refractivity (Wildman–Crippen MR) is 36.8 cm³/mol. The first-order valence-electron chi connectivity index (χ1n) is 2.11. The zero-order chi connectivity index (χ0) is 6.73. The van der Waals surface area contributed by atoms with Gasteiger partial charge in [0.05, 0.1) is 0 Å². The van der Waals surface area contributed by atoms with Gasteiger partial charge in [0.1, 0.15) is 0 Å². The Morgan fingerprint density at radius 2 is 1.11 bits per heavy atom. The lowest BCUT2D eigenvalue weighted by Gasteiger charge is -1.81. The van der Waals surface area contributed by atoms with Crippen LogP contribution >= 0.6 is 13.5 Å². The van der Waals surface area contributed by atoms with Gasteiger partial charge in [0.2, 0.25) is 11.6 Å². The van der Waals surface area contributed by atoms with E-state index in [2.05, 4.69) is 0 Å². The van der Waals surface area contributed by atoms with E-state index < -0.39 is 17.3 Å². The Kier molecular flexibility index (Phi) is 5.30. The fraction of sp³-hybridized carbons (Fsp3) is 0.400. The molecule has 0 atom stereocenters. The van der Waals surface area contributed by atoms with Gasteiger partial charge in [-0.25, -0.2) is 0 Å². The lowest BCUT2D eigenvalue weighted by atomic mass is 10.2. The van der Waals surface area contributed by atoms with E-state index in [1.165, 1.54) is 0 Å². The molecule has 0 aliphatic rings. The van der Waals surface area contributed by atoms with E-state index in [-0.39, 0.29) is 13.5 Å². The Hall–Kier alpha value is -0.640. The van der Waals surface area contributed by atoms with Gasteiger partial charge < -0.3 is 0 Å². The number of ketones is 3. The van der Waals surface area contributed by atoms with Crippen LogP contribution in [-0.4, -0.2) is 17.3 Å². The predicted octanol–water partition coefficient (Wildman–Crippen LogP) is -0.154. The summed E-state index contributed by atoms with van der Waals surface area (Å²) in [7, 11) is 0. The van der Waals surface area contributed by atoms with Crippen molar-refractivity contribution in [2.45, 2.75) is 13.8 Å². The summed E-state index contributed by atoms with van der Waals surface area (Å²) in [5, 5.41) is 0. The molecule has 0 spiro atoms. The molecule has 0 bridgehead atoms. The van der Waals surface area contributed by atoms with Gasteiger partial charge >= 0.3 is 0 Å². The maximum atomic E-state index is 10.1. The summed E-state index contributed by atoms with van der Waals surface area (Å²) in [5.74, 6) is -2.32. The van der Waals surface area contributed by atoms with Crippen LogP contribution < -0.4 is 0 Å². The van der Waals surface area contributed by atoms with E-state index in [0.29, 0.717) is 0 Å². The second-order valence-electron chi connectivity index (χ2n) is 1.44. The minimum Gasteiger partial charge on any atom is -0.291 e. The first-order valence-corrected chi connectivity index (χ1v) is 2.11. The van der Waals surface area contributed by atoms with Gasteiger partial charge in [0.25, 0.3) is 5.78 Å². The fourth-order valence-corrected chi connectivity index (χ4v) is 0.248. The molecule has 0 saturated carbocycles. The number of carbonyl (C=O) groups is 3. The summed E-state index contributed by atoms with van der Waals surface area (Å²) in [6, 6.07) is 0. The van der Waals surface area contributed by atoms with Crippen molar-refractivity contribution in [3.8, 4) is 0 Å². The first-order chi connectivity index (χ1) is 3.55. The van der Waals surface area contributed by atoms with E-state index in [0.717, 1.165) is 13.8 Å². The minimum atomic E-state index is -0.926. The highest BCUT2D eigenvalue weighted by atomic mass is 32.1. The molecular weight excluding hydrogens is 140 g/mol. The third-order valence-electron chi connectivity index (χ3n) is 0.640. The lowest BCUT2D eigenvalue weighted by Crippen LogP contribution is -2.17. The largest absolute Gasteiger partial charge is 0.291 e. The molecule has 4 heteroatoms. The second kappa shape index (κ2) is 4.26. The SMILES string of the molecule is CC(=O)C(=O)C(C)=O.S. The van der Waals surface area contributed by atoms with Gasteiger partial charge in [-0.15, -0.1) is 0 Å². The highest BCUT2D eigenvalue weighted by Gasteiger charge is 2.11. The van der Waals surface area contributed by atoms with Crippen molar-refractivity contribution in [1.82, 2.24) is 0 Å². The molecule has 0 amide bonds. The van der Waals surface area contributed by atoms with E-state index in [1.807, 2.05) is 0 Å². The molecule has 0 aliphatic carbocycles. The molecule has 0 N–H and O–H groups in total. The fourth-order valence-electron chi connectivity index (χ4n) is 0.248. The molecule has 0 heterocycles. The standard InChI is InChI=1S/C5H6O3.H2S/c1-3(6)5(8)4(2)7;/h1-2H3;1H2. The average molecular weight is 148 g/mol. The van der Waals surface area contributed by atoms with Crippen LogP contribution in [0.15, 0.2) is 0 Å². The van der Waals surface area contributed by atoms with Crippen molar-refractivity contribution in [2.75, 3.05) is 0 Å². The topological polar surface area (TPSA) is 51.2 Å². The summed E-state index contributed by atoms with van der Waals surface area (Å²) in [4.78, 5) is 30.2. The van der Waals surface area contributed by atoms with Crippen LogP contribution in [-0.2, 0) is 14.4 Å².